The van der Waals surface area contributed by atoms with Crippen LogP contribution in [0.25, 0.3) is 0 Å². The molecule has 106 valence electrons. The third kappa shape index (κ3) is 2.90. The zero-order valence-corrected chi connectivity index (χ0v) is 12.4. The maximum Gasteiger partial charge on any atom is 0.194 e. The highest BCUT2D eigenvalue weighted by Gasteiger charge is 2.43. The van der Waals surface area contributed by atoms with E-state index < -0.39 is 0 Å². The van der Waals surface area contributed by atoms with E-state index in [1.165, 1.54) is 6.92 Å². The molecule has 1 fully saturated rings. The highest BCUT2D eigenvalue weighted by molar-refractivity contribution is 5.91. The zero-order chi connectivity index (χ0) is 14.3. The molecule has 1 aliphatic rings. The van der Waals surface area contributed by atoms with E-state index in [1.54, 1.807) is 6.07 Å². The zero-order valence-electron chi connectivity index (χ0n) is 12.4. The van der Waals surface area contributed by atoms with Gasteiger partial charge in [-0.2, -0.15) is 0 Å². The molecule has 1 aromatic rings. The number of furan rings is 1. The predicted molar refractivity (Wildman–Crippen MR) is 73.5 cm³/mol. The largest absolute Gasteiger partial charge is 0.458 e. The number of ketones is 1. The van der Waals surface area contributed by atoms with Gasteiger partial charge in [-0.15, -0.1) is 0 Å². The Labute approximate surface area is 114 Å². The number of carbonyl (C=O) groups is 1. The number of morpholine rings is 1. The summed E-state index contributed by atoms with van der Waals surface area (Å²) in [5.41, 5.74) is -0.302. The first-order valence-electron chi connectivity index (χ1n) is 6.72. The van der Waals surface area contributed by atoms with E-state index in [4.69, 9.17) is 9.15 Å². The van der Waals surface area contributed by atoms with Crippen LogP contribution in [0.5, 0.6) is 0 Å². The SMILES string of the molecule is CC(=O)c1ccc(CC2COC(C)(C)C(C)(C)N2)o1. The van der Waals surface area contributed by atoms with Crippen LogP contribution in [-0.2, 0) is 11.2 Å². The second-order valence-electron chi connectivity index (χ2n) is 6.31. The summed E-state index contributed by atoms with van der Waals surface area (Å²) in [5, 5.41) is 3.60. The summed E-state index contributed by atoms with van der Waals surface area (Å²) in [6.07, 6.45) is 0.729. The number of rotatable bonds is 3. The van der Waals surface area contributed by atoms with Crippen LogP contribution in [0.1, 0.15) is 50.9 Å². The Morgan fingerprint density at radius 2 is 2.05 bits per heavy atom. The molecule has 1 aliphatic heterocycles. The van der Waals surface area contributed by atoms with Crippen molar-refractivity contribution >= 4 is 5.78 Å². The van der Waals surface area contributed by atoms with Gasteiger partial charge in [-0.1, -0.05) is 0 Å². The molecule has 4 nitrogen and oxygen atoms in total. The number of Topliss-reactive ketones (excluding diaryl/α,β-unsaturated/α-hetero) is 1. The number of ether oxygens (including phenoxy) is 1. The van der Waals surface area contributed by atoms with E-state index in [1.807, 2.05) is 6.07 Å². The summed E-state index contributed by atoms with van der Waals surface area (Å²) >= 11 is 0. The first-order chi connectivity index (χ1) is 8.71. The summed E-state index contributed by atoms with van der Waals surface area (Å²) in [7, 11) is 0. The van der Waals surface area contributed by atoms with Gasteiger partial charge in [0.25, 0.3) is 0 Å². The van der Waals surface area contributed by atoms with Crippen molar-refractivity contribution in [3.05, 3.63) is 23.7 Å². The quantitative estimate of drug-likeness (QED) is 0.853. The van der Waals surface area contributed by atoms with Gasteiger partial charge in [0.2, 0.25) is 0 Å². The number of hydrogen-bond acceptors (Lipinski definition) is 4. The van der Waals surface area contributed by atoms with Gasteiger partial charge in [-0.05, 0) is 39.8 Å². The van der Waals surface area contributed by atoms with E-state index in [0.29, 0.717) is 12.4 Å². The highest BCUT2D eigenvalue weighted by atomic mass is 16.5. The molecule has 0 radical (unpaired) electrons. The fraction of sp³-hybridized carbons (Fsp3) is 0.667. The first-order valence-corrected chi connectivity index (χ1v) is 6.72. The maximum atomic E-state index is 11.2. The molecule has 2 heterocycles. The normalized spacial score (nSPS) is 25.2. The van der Waals surface area contributed by atoms with E-state index >= 15 is 0 Å². The van der Waals surface area contributed by atoms with Crippen LogP contribution < -0.4 is 5.32 Å². The molecule has 1 aromatic heterocycles. The van der Waals surface area contributed by atoms with Gasteiger partial charge >= 0.3 is 0 Å². The van der Waals surface area contributed by atoms with E-state index in [0.717, 1.165) is 12.2 Å². The van der Waals surface area contributed by atoms with Crippen LogP contribution in [0.15, 0.2) is 16.5 Å². The standard InChI is InChI=1S/C15H23NO3/c1-10(17)13-7-6-12(19-13)8-11-9-18-15(4,5)14(2,3)16-11/h6-7,11,16H,8-9H2,1-5H3. The summed E-state index contributed by atoms with van der Waals surface area (Å²) in [6.45, 7) is 10.6. The van der Waals surface area contributed by atoms with E-state index in [9.17, 15) is 4.79 Å². The Kier molecular flexibility index (Phi) is 3.58. The van der Waals surface area contributed by atoms with Crippen LogP contribution in [-0.4, -0.2) is 29.6 Å². The Balaban J connectivity index is 2.03. The fourth-order valence-corrected chi connectivity index (χ4v) is 2.24. The molecule has 0 bridgehead atoms. The molecule has 1 atom stereocenters. The van der Waals surface area contributed by atoms with Gasteiger partial charge in [0, 0.05) is 24.9 Å². The molecule has 0 aliphatic carbocycles. The molecule has 1 unspecified atom stereocenters. The summed E-state index contributed by atoms with van der Waals surface area (Å²) < 4.78 is 11.5. The van der Waals surface area contributed by atoms with E-state index in [-0.39, 0.29) is 23.0 Å². The monoisotopic (exact) mass is 265 g/mol. The molecular weight excluding hydrogens is 242 g/mol. The van der Waals surface area contributed by atoms with Crippen molar-refractivity contribution in [2.45, 2.75) is 58.2 Å². The van der Waals surface area contributed by atoms with Crippen molar-refractivity contribution in [1.82, 2.24) is 5.32 Å². The maximum absolute atomic E-state index is 11.2. The smallest absolute Gasteiger partial charge is 0.194 e. The first kappa shape index (κ1) is 14.3. The van der Waals surface area contributed by atoms with Crippen LogP contribution >= 0.6 is 0 Å². The van der Waals surface area contributed by atoms with Crippen LogP contribution in [0.3, 0.4) is 0 Å². The lowest BCUT2D eigenvalue weighted by molar-refractivity contribution is -0.121. The molecule has 0 spiro atoms. The van der Waals surface area contributed by atoms with Gasteiger partial charge in [0.1, 0.15) is 5.76 Å². The van der Waals surface area contributed by atoms with E-state index in [2.05, 4.69) is 33.0 Å². The Bertz CT molecular complexity index is 473. The fourth-order valence-electron chi connectivity index (χ4n) is 2.24. The third-order valence-corrected chi connectivity index (χ3v) is 4.17. The summed E-state index contributed by atoms with van der Waals surface area (Å²) in [6, 6.07) is 3.80. The third-order valence-electron chi connectivity index (χ3n) is 4.17. The molecular formula is C15H23NO3. The van der Waals surface area contributed by atoms with Crippen LogP contribution in [0.4, 0.5) is 0 Å². The highest BCUT2D eigenvalue weighted by Crippen LogP contribution is 2.30. The molecule has 0 saturated carbocycles. The van der Waals surface area contributed by atoms with Gasteiger partial charge in [0.05, 0.1) is 12.2 Å². The molecule has 4 heteroatoms. The average molecular weight is 265 g/mol. The Morgan fingerprint density at radius 1 is 1.37 bits per heavy atom. The lowest BCUT2D eigenvalue weighted by Gasteiger charge is -2.49. The number of hydrogen-bond donors (Lipinski definition) is 1. The van der Waals surface area contributed by atoms with Crippen molar-refractivity contribution < 1.29 is 13.9 Å². The van der Waals surface area contributed by atoms with Crippen molar-refractivity contribution in [3.63, 3.8) is 0 Å². The van der Waals surface area contributed by atoms with Gasteiger partial charge < -0.3 is 14.5 Å². The summed E-state index contributed by atoms with van der Waals surface area (Å²) in [4.78, 5) is 11.2. The lowest BCUT2D eigenvalue weighted by Crippen LogP contribution is -2.66. The minimum Gasteiger partial charge on any atom is -0.458 e. The van der Waals surface area contributed by atoms with Crippen molar-refractivity contribution in [2.75, 3.05) is 6.61 Å². The predicted octanol–water partition coefficient (Wildman–Crippen LogP) is 2.57. The number of carbonyl (C=O) groups excluding carboxylic acids is 1. The Hall–Kier alpha value is -1.13. The molecule has 0 aromatic carbocycles. The molecule has 0 amide bonds. The van der Waals surface area contributed by atoms with Crippen LogP contribution in [0, 0.1) is 0 Å². The van der Waals surface area contributed by atoms with Crippen molar-refractivity contribution in [3.8, 4) is 0 Å². The second kappa shape index (κ2) is 4.76. The van der Waals surface area contributed by atoms with Gasteiger partial charge in [0.15, 0.2) is 11.5 Å². The lowest BCUT2D eigenvalue weighted by atomic mass is 9.83. The molecule has 1 N–H and O–H groups in total. The van der Waals surface area contributed by atoms with Gasteiger partial charge in [-0.3, -0.25) is 4.79 Å². The van der Waals surface area contributed by atoms with Gasteiger partial charge in [-0.25, -0.2) is 0 Å². The topological polar surface area (TPSA) is 51.5 Å². The Morgan fingerprint density at radius 3 is 2.58 bits per heavy atom. The molecule has 1 saturated heterocycles. The second-order valence-corrected chi connectivity index (χ2v) is 6.31. The minimum absolute atomic E-state index is 0.0411. The van der Waals surface area contributed by atoms with Crippen LogP contribution in [0.2, 0.25) is 0 Å². The minimum atomic E-state index is -0.197. The molecule has 19 heavy (non-hydrogen) atoms. The summed E-state index contributed by atoms with van der Waals surface area (Å²) in [5.74, 6) is 1.20. The van der Waals surface area contributed by atoms with Crippen molar-refractivity contribution in [2.24, 2.45) is 0 Å². The average Bonchev–Trinajstić information content (AvgIpc) is 2.72. The van der Waals surface area contributed by atoms with Crippen molar-refractivity contribution in [1.29, 1.82) is 0 Å². The molecule has 2 rings (SSSR count). The number of nitrogens with one attached hydrogen (secondary N) is 1.